The van der Waals surface area contributed by atoms with Crippen molar-refractivity contribution in [3.8, 4) is 0 Å². The number of benzene rings is 2. The monoisotopic (exact) mass is 594 g/mol. The van der Waals surface area contributed by atoms with Gasteiger partial charge in [-0.05, 0) is 47.1 Å². The molecule has 10 nitrogen and oxygen atoms in total. The highest BCUT2D eigenvalue weighted by atomic mass is 79.9. The summed E-state index contributed by atoms with van der Waals surface area (Å²) in [6.45, 7) is 1.04. The Balaban J connectivity index is 1.62. The first-order valence-electron chi connectivity index (χ1n) is 10.8. The predicted molar refractivity (Wildman–Crippen MR) is 136 cm³/mol. The third kappa shape index (κ3) is 5.44. The molecule has 36 heavy (non-hydrogen) atoms. The van der Waals surface area contributed by atoms with Crippen LogP contribution in [0.5, 0.6) is 0 Å². The third-order valence-electron chi connectivity index (χ3n) is 5.57. The molecular formula is C23H23BrN4O6S2. The third-order valence-corrected chi connectivity index (χ3v) is 10.2. The predicted octanol–water partition coefficient (Wildman–Crippen LogP) is 2.56. The number of hydrogen-bond acceptors (Lipinski definition) is 7. The fourth-order valence-electron chi connectivity index (χ4n) is 3.71. The molecule has 0 saturated carbocycles. The summed E-state index contributed by atoms with van der Waals surface area (Å²) in [5.74, 6) is 0.211. The molecule has 4 rings (SSSR count). The van der Waals surface area contributed by atoms with Crippen LogP contribution in [0.15, 0.2) is 90.5 Å². The number of furan rings is 1. The Bertz CT molecular complexity index is 1460. The van der Waals surface area contributed by atoms with Gasteiger partial charge in [0.2, 0.25) is 20.0 Å². The molecule has 1 saturated heterocycles. The first-order valence-corrected chi connectivity index (χ1v) is 14.5. The van der Waals surface area contributed by atoms with E-state index >= 15 is 0 Å². The van der Waals surface area contributed by atoms with Crippen LogP contribution < -0.4 is 5.43 Å². The second-order valence-electron chi connectivity index (χ2n) is 7.91. The minimum Gasteiger partial charge on any atom is -0.459 e. The van der Waals surface area contributed by atoms with E-state index in [0.29, 0.717) is 11.5 Å². The van der Waals surface area contributed by atoms with E-state index in [1.54, 1.807) is 49.4 Å². The number of aryl methyl sites for hydroxylation is 1. The lowest BCUT2D eigenvalue weighted by molar-refractivity contribution is -0.125. The zero-order valence-electron chi connectivity index (χ0n) is 19.1. The fourth-order valence-corrected chi connectivity index (χ4v) is 7.07. The van der Waals surface area contributed by atoms with Crippen molar-refractivity contribution in [3.05, 3.63) is 82.7 Å². The molecule has 13 heteroatoms. The number of sulfonamides is 2. The summed E-state index contributed by atoms with van der Waals surface area (Å²) >= 11 is 3.32. The van der Waals surface area contributed by atoms with Crippen molar-refractivity contribution in [2.75, 3.05) is 19.6 Å². The van der Waals surface area contributed by atoms with Gasteiger partial charge in [-0.25, -0.2) is 22.3 Å². The molecule has 1 amide bonds. The summed E-state index contributed by atoms with van der Waals surface area (Å²) in [5, 5.41) is 3.88. The highest BCUT2D eigenvalue weighted by Crippen LogP contribution is 2.25. The molecule has 190 valence electrons. The summed E-state index contributed by atoms with van der Waals surface area (Å²) in [6, 6.07) is 15.8. The molecule has 1 atom stereocenters. The number of carbonyl (C=O) groups is 1. The standard InChI is InChI=1S/C23H23BrN4O6S2/c1-17-21(24)14-18(34-17)15-25-26-23(29)22-16-27(35(30,31)19-8-4-2-5-9-19)12-13-28(22)36(32,33)20-10-6-3-7-11-20/h2-11,14-15,22H,12-13,16H2,1H3,(H,26,29)/b25-15-/t22-/m0/s1. The average Bonchev–Trinajstić information content (AvgIpc) is 3.21. The lowest BCUT2D eigenvalue weighted by atomic mass is 10.2. The Morgan fingerprint density at radius 1 is 1.00 bits per heavy atom. The van der Waals surface area contributed by atoms with Crippen LogP contribution in [-0.4, -0.2) is 63.2 Å². The maximum atomic E-state index is 13.4. The van der Waals surface area contributed by atoms with Gasteiger partial charge in [0.15, 0.2) is 0 Å². The average molecular weight is 595 g/mol. The van der Waals surface area contributed by atoms with Crippen LogP contribution in [-0.2, 0) is 24.8 Å². The lowest BCUT2D eigenvalue weighted by Gasteiger charge is -2.38. The van der Waals surface area contributed by atoms with Gasteiger partial charge in [-0.1, -0.05) is 36.4 Å². The summed E-state index contributed by atoms with van der Waals surface area (Å²) in [4.78, 5) is 13.2. The molecule has 0 radical (unpaired) electrons. The maximum absolute atomic E-state index is 13.4. The minimum atomic E-state index is -4.09. The number of nitrogens with one attached hydrogen (secondary N) is 1. The smallest absolute Gasteiger partial charge is 0.259 e. The van der Waals surface area contributed by atoms with Crippen molar-refractivity contribution in [1.29, 1.82) is 0 Å². The van der Waals surface area contributed by atoms with Gasteiger partial charge in [0.05, 0.1) is 20.5 Å². The number of halogens is 1. The molecule has 3 aromatic rings. The Labute approximate surface area is 217 Å². The number of hydrazone groups is 1. The van der Waals surface area contributed by atoms with Gasteiger partial charge in [0.1, 0.15) is 17.6 Å². The molecule has 2 heterocycles. The number of hydrogen-bond donors (Lipinski definition) is 1. The fraction of sp³-hybridized carbons (Fsp3) is 0.217. The molecule has 1 aliphatic rings. The van der Waals surface area contributed by atoms with Crippen LogP contribution in [0, 0.1) is 6.92 Å². The van der Waals surface area contributed by atoms with Crippen molar-refractivity contribution in [1.82, 2.24) is 14.0 Å². The summed E-state index contributed by atoms with van der Waals surface area (Å²) in [7, 11) is -8.05. The van der Waals surface area contributed by atoms with Gasteiger partial charge in [-0.3, -0.25) is 4.79 Å². The van der Waals surface area contributed by atoms with Gasteiger partial charge in [-0.15, -0.1) is 0 Å². The second-order valence-corrected chi connectivity index (χ2v) is 12.6. The van der Waals surface area contributed by atoms with E-state index in [0.717, 1.165) is 13.1 Å². The Hall–Kier alpha value is -2.84. The van der Waals surface area contributed by atoms with Gasteiger partial charge in [-0.2, -0.15) is 13.7 Å². The van der Waals surface area contributed by atoms with Crippen LogP contribution in [0.3, 0.4) is 0 Å². The molecule has 0 bridgehead atoms. The van der Waals surface area contributed by atoms with Crippen LogP contribution in [0.2, 0.25) is 0 Å². The van der Waals surface area contributed by atoms with E-state index in [9.17, 15) is 21.6 Å². The quantitative estimate of drug-likeness (QED) is 0.330. The summed E-state index contributed by atoms with van der Waals surface area (Å²) < 4.78 is 61.4. The van der Waals surface area contributed by atoms with E-state index in [2.05, 4.69) is 26.5 Å². The molecule has 0 aliphatic carbocycles. The highest BCUT2D eigenvalue weighted by molar-refractivity contribution is 9.10. The largest absolute Gasteiger partial charge is 0.459 e. The molecule has 2 aromatic carbocycles. The first-order chi connectivity index (χ1) is 17.1. The molecule has 0 unspecified atom stereocenters. The number of amides is 1. The van der Waals surface area contributed by atoms with E-state index in [4.69, 9.17) is 4.42 Å². The minimum absolute atomic E-state index is 0.00146. The zero-order chi connectivity index (χ0) is 25.9. The van der Waals surface area contributed by atoms with Gasteiger partial charge in [0, 0.05) is 25.7 Å². The van der Waals surface area contributed by atoms with Gasteiger partial charge < -0.3 is 4.42 Å². The van der Waals surface area contributed by atoms with Gasteiger partial charge in [0.25, 0.3) is 5.91 Å². The Kier molecular flexibility index (Phi) is 7.76. The van der Waals surface area contributed by atoms with E-state index in [1.165, 1.54) is 30.5 Å². The lowest BCUT2D eigenvalue weighted by Crippen LogP contribution is -2.60. The van der Waals surface area contributed by atoms with E-state index < -0.39 is 32.0 Å². The SMILES string of the molecule is Cc1oc(/C=N\NC(=O)[C@@H]2CN(S(=O)(=O)c3ccccc3)CCN2S(=O)(=O)c2ccccc2)cc1Br. The van der Waals surface area contributed by atoms with Crippen molar-refractivity contribution >= 4 is 48.1 Å². The summed E-state index contributed by atoms with van der Waals surface area (Å²) in [5.41, 5.74) is 2.32. The molecule has 1 aromatic heterocycles. The highest BCUT2D eigenvalue weighted by Gasteiger charge is 2.43. The number of nitrogens with zero attached hydrogens (tertiary/aromatic N) is 3. The zero-order valence-corrected chi connectivity index (χ0v) is 22.3. The van der Waals surface area contributed by atoms with Crippen LogP contribution in [0.25, 0.3) is 0 Å². The van der Waals surface area contributed by atoms with Crippen LogP contribution in [0.1, 0.15) is 11.5 Å². The summed E-state index contributed by atoms with van der Waals surface area (Å²) in [6.07, 6.45) is 1.27. The van der Waals surface area contributed by atoms with Crippen LogP contribution >= 0.6 is 15.9 Å². The number of rotatable bonds is 7. The first kappa shape index (κ1) is 26.2. The molecule has 1 N–H and O–H groups in total. The maximum Gasteiger partial charge on any atom is 0.259 e. The van der Waals surface area contributed by atoms with Gasteiger partial charge >= 0.3 is 0 Å². The number of carbonyl (C=O) groups excluding carboxylic acids is 1. The molecule has 1 fully saturated rings. The Morgan fingerprint density at radius 2 is 1.58 bits per heavy atom. The second kappa shape index (κ2) is 10.6. The van der Waals surface area contributed by atoms with Crippen molar-refractivity contribution in [2.45, 2.75) is 22.8 Å². The number of piperazine rings is 1. The van der Waals surface area contributed by atoms with Crippen molar-refractivity contribution in [3.63, 3.8) is 0 Å². The normalized spacial score (nSPS) is 17.9. The molecule has 0 spiro atoms. The van der Waals surface area contributed by atoms with Crippen LogP contribution in [0.4, 0.5) is 0 Å². The topological polar surface area (TPSA) is 129 Å². The molecule has 1 aliphatic heterocycles. The van der Waals surface area contributed by atoms with Crippen molar-refractivity contribution in [2.24, 2.45) is 5.10 Å². The van der Waals surface area contributed by atoms with Crippen molar-refractivity contribution < 1.29 is 26.0 Å². The Morgan fingerprint density at radius 3 is 2.14 bits per heavy atom. The van der Waals surface area contributed by atoms with E-state index in [-0.39, 0.29) is 29.4 Å². The van der Waals surface area contributed by atoms with E-state index in [1.807, 2.05) is 0 Å². The molecular weight excluding hydrogens is 572 g/mol.